The van der Waals surface area contributed by atoms with Gasteiger partial charge in [-0.15, -0.1) is 0 Å². The van der Waals surface area contributed by atoms with E-state index < -0.39 is 0 Å². The van der Waals surface area contributed by atoms with E-state index in [-0.39, 0.29) is 11.4 Å². The van der Waals surface area contributed by atoms with Crippen molar-refractivity contribution in [1.29, 1.82) is 0 Å². The van der Waals surface area contributed by atoms with Crippen LogP contribution < -0.4 is 5.32 Å². The van der Waals surface area contributed by atoms with Crippen LogP contribution in [0.4, 0.5) is 0 Å². The largest absolute Gasteiger partial charge is 0.464 e. The van der Waals surface area contributed by atoms with Crippen LogP contribution in [0.25, 0.3) is 0 Å². The van der Waals surface area contributed by atoms with Crippen molar-refractivity contribution in [3.8, 4) is 0 Å². The molecule has 0 aliphatic heterocycles. The minimum absolute atomic E-state index is 0.0988. The molecule has 0 amide bonds. The number of benzene rings is 1. The zero-order valence-corrected chi connectivity index (χ0v) is 17.4. The average Bonchev–Trinajstić information content (AvgIpc) is 2.50. The second-order valence-corrected chi connectivity index (χ2v) is 8.91. The highest BCUT2D eigenvalue weighted by atomic mass is 35.5. The Kier molecular flexibility index (Phi) is 7.97. The van der Waals surface area contributed by atoms with E-state index in [2.05, 4.69) is 31.3 Å². The standard InChI is InChI=1S/C22H34ClNO2/c1-16(2)14-20(24-12-13-26-21(25)15-17(3)4)22(10-5-11-22)18-6-8-19(23)9-7-18/h6-9,16-17,20,24H,5,10-15H2,1-4H3. The molecular formula is C22H34ClNO2. The van der Waals surface area contributed by atoms with Crippen molar-refractivity contribution < 1.29 is 9.53 Å². The molecular weight excluding hydrogens is 346 g/mol. The van der Waals surface area contributed by atoms with Gasteiger partial charge in [0.2, 0.25) is 0 Å². The van der Waals surface area contributed by atoms with E-state index in [1.165, 1.54) is 24.8 Å². The third-order valence-corrected chi connectivity index (χ3v) is 5.62. The molecule has 0 heterocycles. The molecule has 2 rings (SSSR count). The lowest BCUT2D eigenvalue weighted by atomic mass is 9.59. The Morgan fingerprint density at radius 2 is 1.81 bits per heavy atom. The number of esters is 1. The summed E-state index contributed by atoms with van der Waals surface area (Å²) in [6.45, 7) is 9.75. The van der Waals surface area contributed by atoms with Gasteiger partial charge >= 0.3 is 5.97 Å². The molecule has 1 unspecified atom stereocenters. The number of carbonyl (C=O) groups is 1. The van der Waals surface area contributed by atoms with Gasteiger partial charge in [0.15, 0.2) is 0 Å². The third kappa shape index (κ3) is 5.72. The van der Waals surface area contributed by atoms with Gasteiger partial charge < -0.3 is 10.1 Å². The van der Waals surface area contributed by atoms with E-state index in [1.54, 1.807) is 0 Å². The van der Waals surface area contributed by atoms with Crippen molar-refractivity contribution in [3.63, 3.8) is 0 Å². The molecule has 0 aromatic heterocycles. The maximum atomic E-state index is 11.7. The number of hydrogen-bond donors (Lipinski definition) is 1. The van der Waals surface area contributed by atoms with Crippen LogP contribution in [0.5, 0.6) is 0 Å². The van der Waals surface area contributed by atoms with E-state index in [4.69, 9.17) is 16.3 Å². The van der Waals surface area contributed by atoms with Crippen LogP contribution in [-0.4, -0.2) is 25.2 Å². The van der Waals surface area contributed by atoms with Crippen LogP contribution in [0.3, 0.4) is 0 Å². The summed E-state index contributed by atoms with van der Waals surface area (Å²) >= 11 is 6.09. The van der Waals surface area contributed by atoms with E-state index in [0.717, 1.165) is 11.4 Å². The third-order valence-electron chi connectivity index (χ3n) is 5.37. The Labute approximate surface area is 163 Å². The number of ether oxygens (including phenoxy) is 1. The molecule has 0 bridgehead atoms. The molecule has 1 aliphatic carbocycles. The number of halogens is 1. The minimum atomic E-state index is -0.0988. The van der Waals surface area contributed by atoms with Crippen molar-refractivity contribution in [2.24, 2.45) is 11.8 Å². The maximum absolute atomic E-state index is 11.7. The number of hydrogen-bond acceptors (Lipinski definition) is 3. The fraction of sp³-hybridized carbons (Fsp3) is 0.682. The monoisotopic (exact) mass is 379 g/mol. The van der Waals surface area contributed by atoms with Gasteiger partial charge in [0.25, 0.3) is 0 Å². The fourth-order valence-corrected chi connectivity index (χ4v) is 4.07. The fourth-order valence-electron chi connectivity index (χ4n) is 3.94. The first-order valence-electron chi connectivity index (χ1n) is 9.98. The summed E-state index contributed by atoms with van der Waals surface area (Å²) in [7, 11) is 0. The molecule has 1 N–H and O–H groups in total. The minimum Gasteiger partial charge on any atom is -0.464 e. The SMILES string of the molecule is CC(C)CC(=O)OCCNC(CC(C)C)C1(c2ccc(Cl)cc2)CCC1. The number of nitrogens with one attached hydrogen (secondary N) is 1. The van der Waals surface area contributed by atoms with Gasteiger partial charge in [-0.25, -0.2) is 0 Å². The highest BCUT2D eigenvalue weighted by Crippen LogP contribution is 2.48. The molecule has 1 atom stereocenters. The lowest BCUT2D eigenvalue weighted by Crippen LogP contribution is -2.54. The summed E-state index contributed by atoms with van der Waals surface area (Å²) in [6.07, 6.45) is 5.27. The van der Waals surface area contributed by atoms with Crippen molar-refractivity contribution in [1.82, 2.24) is 5.32 Å². The van der Waals surface area contributed by atoms with Gasteiger partial charge in [-0.3, -0.25) is 4.79 Å². The first-order chi connectivity index (χ1) is 12.3. The first kappa shape index (κ1) is 21.2. The number of carbonyl (C=O) groups excluding carboxylic acids is 1. The second-order valence-electron chi connectivity index (χ2n) is 8.47. The molecule has 1 fully saturated rings. The zero-order chi connectivity index (χ0) is 19.2. The topological polar surface area (TPSA) is 38.3 Å². The van der Waals surface area contributed by atoms with E-state index in [9.17, 15) is 4.79 Å². The summed E-state index contributed by atoms with van der Waals surface area (Å²) in [4.78, 5) is 11.7. The van der Waals surface area contributed by atoms with Crippen molar-refractivity contribution >= 4 is 17.6 Å². The molecule has 4 heteroatoms. The molecule has 0 saturated heterocycles. The van der Waals surface area contributed by atoms with Crippen LogP contribution in [0.15, 0.2) is 24.3 Å². The molecule has 26 heavy (non-hydrogen) atoms. The summed E-state index contributed by atoms with van der Waals surface area (Å²) in [5.74, 6) is 0.853. The second kappa shape index (κ2) is 9.75. The predicted molar refractivity (Wildman–Crippen MR) is 109 cm³/mol. The summed E-state index contributed by atoms with van der Waals surface area (Å²) < 4.78 is 5.38. The molecule has 1 aromatic carbocycles. The Morgan fingerprint density at radius 3 is 2.31 bits per heavy atom. The van der Waals surface area contributed by atoms with E-state index in [0.29, 0.717) is 37.5 Å². The van der Waals surface area contributed by atoms with Gasteiger partial charge in [-0.2, -0.15) is 0 Å². The Morgan fingerprint density at radius 1 is 1.15 bits per heavy atom. The summed E-state index contributed by atoms with van der Waals surface area (Å²) in [5.41, 5.74) is 1.56. The molecule has 1 aliphatic rings. The Hall–Kier alpha value is -1.06. The predicted octanol–water partition coefficient (Wildman–Crippen LogP) is 5.36. The zero-order valence-electron chi connectivity index (χ0n) is 16.7. The first-order valence-corrected chi connectivity index (χ1v) is 10.4. The quantitative estimate of drug-likeness (QED) is 0.439. The molecule has 0 spiro atoms. The van der Waals surface area contributed by atoms with Crippen molar-refractivity contribution in [3.05, 3.63) is 34.9 Å². The normalized spacial score (nSPS) is 17.2. The highest BCUT2D eigenvalue weighted by Gasteiger charge is 2.45. The Balaban J connectivity index is 1.99. The van der Waals surface area contributed by atoms with Crippen LogP contribution in [0.2, 0.25) is 5.02 Å². The van der Waals surface area contributed by atoms with Crippen molar-refractivity contribution in [2.75, 3.05) is 13.2 Å². The van der Waals surface area contributed by atoms with Gasteiger partial charge in [0.05, 0.1) is 0 Å². The smallest absolute Gasteiger partial charge is 0.306 e. The molecule has 3 nitrogen and oxygen atoms in total. The van der Waals surface area contributed by atoms with E-state index in [1.807, 2.05) is 26.0 Å². The van der Waals surface area contributed by atoms with Crippen LogP contribution in [0, 0.1) is 11.8 Å². The molecule has 146 valence electrons. The van der Waals surface area contributed by atoms with Gasteiger partial charge in [-0.1, -0.05) is 57.8 Å². The maximum Gasteiger partial charge on any atom is 0.306 e. The lowest BCUT2D eigenvalue weighted by Gasteiger charge is -2.49. The van der Waals surface area contributed by atoms with Crippen LogP contribution in [-0.2, 0) is 14.9 Å². The van der Waals surface area contributed by atoms with Gasteiger partial charge in [-0.05, 0) is 48.8 Å². The summed E-state index contributed by atoms with van der Waals surface area (Å²) in [6, 6.07) is 8.74. The molecule has 0 radical (unpaired) electrons. The summed E-state index contributed by atoms with van der Waals surface area (Å²) in [5, 5.41) is 4.49. The highest BCUT2D eigenvalue weighted by molar-refractivity contribution is 6.30. The van der Waals surface area contributed by atoms with Crippen LogP contribution >= 0.6 is 11.6 Å². The average molecular weight is 380 g/mol. The van der Waals surface area contributed by atoms with Gasteiger partial charge in [0.1, 0.15) is 6.61 Å². The molecule has 1 saturated carbocycles. The Bertz CT molecular complexity index is 564. The van der Waals surface area contributed by atoms with E-state index >= 15 is 0 Å². The lowest BCUT2D eigenvalue weighted by molar-refractivity contribution is -0.144. The van der Waals surface area contributed by atoms with Crippen LogP contribution in [0.1, 0.15) is 65.4 Å². The van der Waals surface area contributed by atoms with Gasteiger partial charge in [0, 0.05) is 29.4 Å². The molecule has 1 aromatic rings. The number of rotatable bonds is 10. The van der Waals surface area contributed by atoms with Crippen molar-refractivity contribution in [2.45, 2.75) is 71.3 Å².